The van der Waals surface area contributed by atoms with Gasteiger partial charge in [0.2, 0.25) is 0 Å². The molecule has 0 aliphatic heterocycles. The van der Waals surface area contributed by atoms with Gasteiger partial charge >= 0.3 is 0 Å². The summed E-state index contributed by atoms with van der Waals surface area (Å²) in [6, 6.07) is 15.0. The maximum atomic E-state index is 13.4. The maximum absolute atomic E-state index is 13.4. The third kappa shape index (κ3) is 5.67. The lowest BCUT2D eigenvalue weighted by Gasteiger charge is -2.25. The Kier molecular flexibility index (Phi) is 7.23. The molecule has 5 rings (SSSR count). The Bertz CT molecular complexity index is 1430. The van der Waals surface area contributed by atoms with E-state index in [4.69, 9.17) is 0 Å². The smallest absolute Gasteiger partial charge is 0.272 e. The SMILES string of the molecule is CN(C)Cc1cn(Cc2ccc(C(=O)Nc3cccnc3C(=O)NCC3CCC3)c3ccccc23)nn1. The molecule has 2 heterocycles. The largest absolute Gasteiger partial charge is 0.350 e. The zero-order valence-electron chi connectivity index (χ0n) is 21.1. The van der Waals surface area contributed by atoms with Crippen molar-refractivity contribution in [1.29, 1.82) is 0 Å². The molecule has 0 unspecified atom stereocenters. The lowest BCUT2D eigenvalue weighted by Crippen LogP contribution is -2.33. The quantitative estimate of drug-likeness (QED) is 0.365. The summed E-state index contributed by atoms with van der Waals surface area (Å²) in [5, 5.41) is 16.2. The lowest BCUT2D eigenvalue weighted by molar-refractivity contribution is 0.0935. The Morgan fingerprint density at radius 2 is 1.84 bits per heavy atom. The van der Waals surface area contributed by atoms with Crippen LogP contribution >= 0.6 is 0 Å². The highest BCUT2D eigenvalue weighted by atomic mass is 16.2. The van der Waals surface area contributed by atoms with Crippen molar-refractivity contribution in [2.24, 2.45) is 5.92 Å². The predicted molar refractivity (Wildman–Crippen MR) is 142 cm³/mol. The molecule has 1 fully saturated rings. The van der Waals surface area contributed by atoms with Crippen LogP contribution in [0.2, 0.25) is 0 Å². The molecule has 2 amide bonds. The van der Waals surface area contributed by atoms with Crippen LogP contribution in [0, 0.1) is 5.92 Å². The molecule has 1 aliphatic carbocycles. The Balaban J connectivity index is 1.36. The third-order valence-electron chi connectivity index (χ3n) is 6.70. The van der Waals surface area contributed by atoms with Crippen molar-refractivity contribution >= 4 is 28.3 Å². The number of benzene rings is 2. The van der Waals surface area contributed by atoms with Gasteiger partial charge in [0.15, 0.2) is 5.69 Å². The summed E-state index contributed by atoms with van der Waals surface area (Å²) < 4.78 is 1.81. The first kappa shape index (κ1) is 24.6. The molecule has 0 atom stereocenters. The number of nitrogens with one attached hydrogen (secondary N) is 2. The molecule has 1 aliphatic rings. The van der Waals surface area contributed by atoms with Crippen LogP contribution in [0.3, 0.4) is 0 Å². The van der Waals surface area contributed by atoms with Gasteiger partial charge in [-0.25, -0.2) is 9.67 Å². The number of rotatable bonds is 9. The van der Waals surface area contributed by atoms with Crippen molar-refractivity contribution in [3.63, 3.8) is 0 Å². The average molecular weight is 498 g/mol. The van der Waals surface area contributed by atoms with E-state index in [2.05, 4.69) is 25.9 Å². The fourth-order valence-electron chi connectivity index (χ4n) is 4.58. The summed E-state index contributed by atoms with van der Waals surface area (Å²) in [6.45, 7) is 1.89. The molecule has 2 aromatic heterocycles. The van der Waals surface area contributed by atoms with Crippen molar-refractivity contribution in [3.8, 4) is 0 Å². The normalized spacial score (nSPS) is 13.5. The Labute approximate surface area is 215 Å². The second-order valence-electron chi connectivity index (χ2n) is 9.82. The fraction of sp³-hybridized carbons (Fsp3) is 0.321. The summed E-state index contributed by atoms with van der Waals surface area (Å²) in [7, 11) is 3.99. The molecule has 0 bridgehead atoms. The molecule has 1 saturated carbocycles. The molecule has 0 radical (unpaired) electrons. The molecule has 9 heteroatoms. The van der Waals surface area contributed by atoms with Crippen LogP contribution in [-0.2, 0) is 13.1 Å². The van der Waals surface area contributed by atoms with Gasteiger partial charge in [-0.3, -0.25) is 9.59 Å². The highest BCUT2D eigenvalue weighted by Crippen LogP contribution is 2.26. The second-order valence-corrected chi connectivity index (χ2v) is 9.82. The van der Waals surface area contributed by atoms with Gasteiger partial charge in [0.05, 0.1) is 24.1 Å². The number of carbonyl (C=O) groups is 2. The molecule has 2 N–H and O–H groups in total. The molecule has 4 aromatic rings. The van der Waals surface area contributed by atoms with E-state index < -0.39 is 0 Å². The van der Waals surface area contributed by atoms with Gasteiger partial charge < -0.3 is 15.5 Å². The highest BCUT2D eigenvalue weighted by molar-refractivity contribution is 6.15. The third-order valence-corrected chi connectivity index (χ3v) is 6.70. The van der Waals surface area contributed by atoms with Gasteiger partial charge in [0, 0.05) is 24.8 Å². The van der Waals surface area contributed by atoms with Crippen LogP contribution in [0.1, 0.15) is 51.4 Å². The van der Waals surface area contributed by atoms with Crippen LogP contribution in [0.5, 0.6) is 0 Å². The average Bonchev–Trinajstić information content (AvgIpc) is 3.29. The fourth-order valence-corrected chi connectivity index (χ4v) is 4.58. The van der Waals surface area contributed by atoms with Gasteiger partial charge in [-0.05, 0) is 67.4 Å². The minimum Gasteiger partial charge on any atom is -0.350 e. The topological polar surface area (TPSA) is 105 Å². The lowest BCUT2D eigenvalue weighted by atomic mass is 9.85. The zero-order valence-corrected chi connectivity index (χ0v) is 21.1. The van der Waals surface area contributed by atoms with E-state index in [9.17, 15) is 9.59 Å². The molecular weight excluding hydrogens is 466 g/mol. The van der Waals surface area contributed by atoms with Gasteiger partial charge in [-0.15, -0.1) is 5.10 Å². The predicted octanol–water partition coefficient (Wildman–Crippen LogP) is 3.72. The van der Waals surface area contributed by atoms with E-state index in [0.29, 0.717) is 30.3 Å². The minimum atomic E-state index is -0.294. The van der Waals surface area contributed by atoms with Crippen LogP contribution < -0.4 is 10.6 Å². The van der Waals surface area contributed by atoms with Gasteiger partial charge in [-0.2, -0.15) is 0 Å². The highest BCUT2D eigenvalue weighted by Gasteiger charge is 2.21. The van der Waals surface area contributed by atoms with E-state index in [1.807, 2.05) is 66.3 Å². The first-order chi connectivity index (χ1) is 18.0. The monoisotopic (exact) mass is 497 g/mol. The molecular formula is C28H31N7O2. The first-order valence-electron chi connectivity index (χ1n) is 12.6. The summed E-state index contributed by atoms with van der Waals surface area (Å²) in [4.78, 5) is 32.5. The van der Waals surface area contributed by atoms with E-state index >= 15 is 0 Å². The summed E-state index contributed by atoms with van der Waals surface area (Å²) >= 11 is 0. The van der Waals surface area contributed by atoms with Crippen LogP contribution in [0.15, 0.2) is 60.9 Å². The van der Waals surface area contributed by atoms with E-state index in [0.717, 1.165) is 41.4 Å². The molecule has 2 aromatic carbocycles. The molecule has 190 valence electrons. The number of amides is 2. The standard InChI is InChI=1S/C28H31N7O2/c1-34(2)17-21-18-35(33-32-21)16-20-12-13-24(23-10-4-3-9-22(20)23)27(36)31-25-11-6-14-29-26(25)28(37)30-15-19-7-5-8-19/h3-4,6,9-14,18-19H,5,7-8,15-17H2,1-2H3,(H,30,37)(H,31,36). The summed E-state index contributed by atoms with van der Waals surface area (Å²) in [5.74, 6) is -0.0324. The Hall–Kier alpha value is -4.11. The van der Waals surface area contributed by atoms with Gasteiger partial charge in [-0.1, -0.05) is 42.0 Å². The van der Waals surface area contributed by atoms with Crippen LogP contribution in [0.25, 0.3) is 10.8 Å². The number of anilines is 1. The summed E-state index contributed by atoms with van der Waals surface area (Å²) in [5.41, 5.74) is 3.06. The van der Waals surface area contributed by atoms with Crippen molar-refractivity contribution < 1.29 is 9.59 Å². The first-order valence-corrected chi connectivity index (χ1v) is 12.6. The van der Waals surface area contributed by atoms with Gasteiger partial charge in [0.1, 0.15) is 0 Å². The zero-order chi connectivity index (χ0) is 25.8. The van der Waals surface area contributed by atoms with Crippen molar-refractivity contribution in [2.75, 3.05) is 26.0 Å². The minimum absolute atomic E-state index is 0.218. The Morgan fingerprint density at radius 1 is 1.03 bits per heavy atom. The number of aromatic nitrogens is 4. The maximum Gasteiger partial charge on any atom is 0.272 e. The van der Waals surface area contributed by atoms with E-state index in [1.165, 1.54) is 6.42 Å². The summed E-state index contributed by atoms with van der Waals surface area (Å²) in [6.07, 6.45) is 7.00. The van der Waals surface area contributed by atoms with Crippen LogP contribution in [-0.4, -0.2) is 57.3 Å². The molecule has 0 saturated heterocycles. The number of hydrogen-bond donors (Lipinski definition) is 2. The molecule has 9 nitrogen and oxygen atoms in total. The number of pyridine rings is 1. The number of carbonyl (C=O) groups excluding carboxylic acids is 2. The number of hydrogen-bond acceptors (Lipinski definition) is 6. The molecule has 0 spiro atoms. The van der Waals surface area contributed by atoms with E-state index in [1.54, 1.807) is 18.3 Å². The second kappa shape index (κ2) is 10.9. The number of nitrogens with zero attached hydrogens (tertiary/aromatic N) is 5. The van der Waals surface area contributed by atoms with Crippen molar-refractivity contribution in [3.05, 3.63) is 83.4 Å². The van der Waals surface area contributed by atoms with Crippen molar-refractivity contribution in [2.45, 2.75) is 32.4 Å². The van der Waals surface area contributed by atoms with Crippen LogP contribution in [0.4, 0.5) is 5.69 Å². The van der Waals surface area contributed by atoms with Crippen molar-refractivity contribution in [1.82, 2.24) is 30.2 Å². The van der Waals surface area contributed by atoms with E-state index in [-0.39, 0.29) is 17.5 Å². The Morgan fingerprint density at radius 3 is 2.59 bits per heavy atom. The van der Waals surface area contributed by atoms with Gasteiger partial charge in [0.25, 0.3) is 11.8 Å². The number of fused-ring (bicyclic) bond motifs is 1. The molecule has 37 heavy (non-hydrogen) atoms.